The Morgan fingerprint density at radius 2 is 2.04 bits per heavy atom. The smallest absolute Gasteiger partial charge is 0.302 e. The number of carbonyl (C=O) groups is 1. The summed E-state index contributed by atoms with van der Waals surface area (Å²) in [5.74, 6) is 1.50. The molecule has 5 rings (SSSR count). The van der Waals surface area contributed by atoms with Gasteiger partial charge in [-0.1, -0.05) is 25.5 Å². The van der Waals surface area contributed by atoms with Crippen LogP contribution in [-0.4, -0.2) is 17.2 Å². The lowest BCUT2D eigenvalue weighted by Gasteiger charge is -2.56. The zero-order chi connectivity index (χ0) is 19.0. The second-order valence-electron chi connectivity index (χ2n) is 9.62. The molecule has 1 heterocycles. The van der Waals surface area contributed by atoms with Crippen LogP contribution in [0.25, 0.3) is 0 Å². The summed E-state index contributed by atoms with van der Waals surface area (Å²) in [6, 6.07) is 0. The number of allylic oxidation sites excluding steroid dienone is 1. The highest BCUT2D eigenvalue weighted by Crippen LogP contribution is 2.63. The average molecular weight is 372 g/mol. The molecule has 0 N–H and O–H groups in total. The number of aromatic nitrogens is 2. The number of carbonyl (C=O) groups excluding carboxylic acids is 1. The minimum absolute atomic E-state index is 0.0354. The summed E-state index contributed by atoms with van der Waals surface area (Å²) in [6.07, 6.45) is 9.44. The van der Waals surface area contributed by atoms with E-state index in [-0.39, 0.29) is 22.9 Å². The van der Waals surface area contributed by atoms with Gasteiger partial charge in [0, 0.05) is 30.3 Å². The molecule has 0 spiro atoms. The van der Waals surface area contributed by atoms with Crippen molar-refractivity contribution in [3.05, 3.63) is 28.2 Å². The molecule has 0 bridgehead atoms. The van der Waals surface area contributed by atoms with E-state index in [1.165, 1.54) is 12.5 Å². The van der Waals surface area contributed by atoms with Gasteiger partial charge in [0.05, 0.1) is 0 Å². The quantitative estimate of drug-likeness (QED) is 0.430. The van der Waals surface area contributed by atoms with Gasteiger partial charge in [0.1, 0.15) is 6.10 Å². The standard InChI is InChI=1S/C21H28N2O4/c1-12(24)26-14-6-8-20(2)13(10-14)4-5-15-16(20)7-9-21(3)17(15)11-18-19(21)22-27-23(18)25/h4,14-17H,5-11H2,1-3H3/t14?,15-,16?,17+,20+,21+/m1/s1. The van der Waals surface area contributed by atoms with Crippen LogP contribution in [0.2, 0.25) is 0 Å². The van der Waals surface area contributed by atoms with Gasteiger partial charge in [0.2, 0.25) is 5.69 Å². The highest BCUT2D eigenvalue weighted by molar-refractivity contribution is 5.66. The molecular formula is C21H28N2O4. The first-order chi connectivity index (χ1) is 12.8. The van der Waals surface area contributed by atoms with Gasteiger partial charge in [-0.05, 0) is 60.2 Å². The molecule has 1 aromatic heterocycles. The van der Waals surface area contributed by atoms with Crippen LogP contribution in [-0.2, 0) is 21.4 Å². The van der Waals surface area contributed by atoms with Crippen LogP contribution in [0, 0.1) is 28.4 Å². The summed E-state index contributed by atoms with van der Waals surface area (Å²) in [5, 5.41) is 16.1. The minimum atomic E-state index is -0.175. The van der Waals surface area contributed by atoms with Crippen LogP contribution >= 0.6 is 0 Å². The zero-order valence-corrected chi connectivity index (χ0v) is 16.4. The van der Waals surface area contributed by atoms with E-state index in [0.29, 0.717) is 22.7 Å². The molecule has 4 aliphatic rings. The number of fused-ring (bicyclic) bond motifs is 7. The van der Waals surface area contributed by atoms with Gasteiger partial charge in [-0.25, -0.2) is 0 Å². The number of ether oxygens (including phenoxy) is 1. The van der Waals surface area contributed by atoms with Gasteiger partial charge >= 0.3 is 5.97 Å². The molecule has 1 aromatic rings. The zero-order valence-electron chi connectivity index (χ0n) is 16.4. The van der Waals surface area contributed by atoms with Crippen molar-refractivity contribution in [2.75, 3.05) is 0 Å². The molecule has 0 amide bonds. The van der Waals surface area contributed by atoms with E-state index in [4.69, 9.17) is 9.37 Å². The largest absolute Gasteiger partial charge is 0.462 e. The number of esters is 1. The molecule has 0 aromatic carbocycles. The molecule has 6 atom stereocenters. The number of hydrogen-bond donors (Lipinski definition) is 0. The second kappa shape index (κ2) is 5.58. The molecule has 2 saturated carbocycles. The van der Waals surface area contributed by atoms with Gasteiger partial charge in [-0.2, -0.15) is 0 Å². The summed E-state index contributed by atoms with van der Waals surface area (Å²) >= 11 is 0. The van der Waals surface area contributed by atoms with Crippen molar-refractivity contribution in [1.29, 1.82) is 0 Å². The van der Waals surface area contributed by atoms with Crippen molar-refractivity contribution in [3.8, 4) is 0 Å². The molecule has 6 nitrogen and oxygen atoms in total. The van der Waals surface area contributed by atoms with Crippen LogP contribution in [0.1, 0.15) is 70.7 Å². The third-order valence-corrected chi connectivity index (χ3v) is 8.44. The van der Waals surface area contributed by atoms with E-state index in [1.54, 1.807) is 0 Å². The Balaban J connectivity index is 1.45. The van der Waals surface area contributed by atoms with E-state index < -0.39 is 0 Å². The molecule has 0 radical (unpaired) electrons. The Labute approximate surface area is 159 Å². The van der Waals surface area contributed by atoms with Gasteiger partial charge in [-0.3, -0.25) is 9.42 Å². The normalized spacial score (nSPS) is 42.4. The lowest BCUT2D eigenvalue weighted by Crippen LogP contribution is -2.51. The van der Waals surface area contributed by atoms with E-state index in [2.05, 4.69) is 25.1 Å². The summed E-state index contributed by atoms with van der Waals surface area (Å²) < 4.78 is 10.4. The van der Waals surface area contributed by atoms with Crippen LogP contribution in [0.4, 0.5) is 0 Å². The monoisotopic (exact) mass is 372 g/mol. The van der Waals surface area contributed by atoms with Crippen molar-refractivity contribution in [2.45, 2.75) is 77.2 Å². The third kappa shape index (κ3) is 2.28. The molecule has 2 fully saturated rings. The highest BCUT2D eigenvalue weighted by Gasteiger charge is 2.61. The number of rotatable bonds is 1. The fourth-order valence-corrected chi connectivity index (χ4v) is 7.03. The van der Waals surface area contributed by atoms with Crippen LogP contribution in [0.5, 0.6) is 0 Å². The lowest BCUT2D eigenvalue weighted by atomic mass is 9.48. The van der Waals surface area contributed by atoms with E-state index >= 15 is 0 Å². The predicted octanol–water partition coefficient (Wildman–Crippen LogP) is 3.22. The SMILES string of the molecule is CC(=O)OC1CC[C@@]2(C)C(=CC[C@@H]3C2CC[C@]2(C)c4no[n+]([O-])c4C[C@@H]32)C1. The minimum Gasteiger partial charge on any atom is -0.462 e. The Hall–Kier alpha value is -1.85. The second-order valence-corrected chi connectivity index (χ2v) is 9.62. The lowest BCUT2D eigenvalue weighted by molar-refractivity contribution is -0.808. The summed E-state index contributed by atoms with van der Waals surface area (Å²) in [5.41, 5.74) is 3.30. The predicted molar refractivity (Wildman–Crippen MR) is 96.4 cm³/mol. The van der Waals surface area contributed by atoms with Gasteiger partial charge in [-0.15, -0.1) is 0 Å². The maximum atomic E-state index is 12.0. The summed E-state index contributed by atoms with van der Waals surface area (Å²) in [7, 11) is 0. The molecule has 2 unspecified atom stereocenters. The Bertz CT molecular complexity index is 830. The van der Waals surface area contributed by atoms with Crippen molar-refractivity contribution >= 4 is 5.97 Å². The Morgan fingerprint density at radius 1 is 1.26 bits per heavy atom. The van der Waals surface area contributed by atoms with Crippen molar-refractivity contribution in [1.82, 2.24) is 5.16 Å². The molecular weight excluding hydrogens is 344 g/mol. The topological polar surface area (TPSA) is 79.3 Å². The van der Waals surface area contributed by atoms with Gasteiger partial charge in [0.15, 0.2) is 5.69 Å². The van der Waals surface area contributed by atoms with E-state index in [1.807, 2.05) is 0 Å². The Kier molecular flexibility index (Phi) is 3.57. The summed E-state index contributed by atoms with van der Waals surface area (Å²) in [6.45, 7) is 6.20. The Morgan fingerprint density at radius 3 is 2.81 bits per heavy atom. The average Bonchev–Trinajstić information content (AvgIpc) is 3.12. The molecule has 4 aliphatic carbocycles. The first-order valence-corrected chi connectivity index (χ1v) is 10.3. The highest BCUT2D eigenvalue weighted by atomic mass is 16.8. The van der Waals surface area contributed by atoms with Crippen LogP contribution < -0.4 is 4.90 Å². The van der Waals surface area contributed by atoms with Crippen molar-refractivity contribution < 1.29 is 19.1 Å². The molecule has 27 heavy (non-hydrogen) atoms. The van der Waals surface area contributed by atoms with Crippen LogP contribution in [0.15, 0.2) is 16.3 Å². The molecule has 6 heteroatoms. The van der Waals surface area contributed by atoms with E-state index in [0.717, 1.165) is 56.3 Å². The fraction of sp³-hybridized carbons (Fsp3) is 0.762. The fourth-order valence-electron chi connectivity index (χ4n) is 7.03. The maximum Gasteiger partial charge on any atom is 0.302 e. The molecule has 0 aliphatic heterocycles. The van der Waals surface area contributed by atoms with Crippen molar-refractivity contribution in [2.24, 2.45) is 23.2 Å². The molecule has 0 saturated heterocycles. The van der Waals surface area contributed by atoms with Crippen molar-refractivity contribution in [3.63, 3.8) is 0 Å². The molecule has 146 valence electrons. The van der Waals surface area contributed by atoms with E-state index in [9.17, 15) is 10.0 Å². The van der Waals surface area contributed by atoms with Gasteiger partial charge in [0.25, 0.3) is 0 Å². The number of hydrogen-bond acceptors (Lipinski definition) is 5. The maximum absolute atomic E-state index is 12.0. The van der Waals surface area contributed by atoms with Gasteiger partial charge < -0.3 is 9.94 Å². The summed E-state index contributed by atoms with van der Waals surface area (Å²) in [4.78, 5) is 12.0. The van der Waals surface area contributed by atoms with Crippen LogP contribution in [0.3, 0.4) is 0 Å². The third-order valence-electron chi connectivity index (χ3n) is 8.44. The first kappa shape index (κ1) is 17.3. The first-order valence-electron chi connectivity index (χ1n) is 10.3. The number of nitrogens with zero attached hydrogens (tertiary/aromatic N) is 2.